The fourth-order valence-electron chi connectivity index (χ4n) is 1.95. The van der Waals surface area contributed by atoms with Gasteiger partial charge < -0.3 is 10.1 Å². The van der Waals surface area contributed by atoms with Gasteiger partial charge in [-0.3, -0.25) is 5.43 Å². The summed E-state index contributed by atoms with van der Waals surface area (Å²) >= 11 is 5.13. The molecule has 0 radical (unpaired) electrons. The molecule has 0 fully saturated rings. The fourth-order valence-corrected chi connectivity index (χ4v) is 2.11. The molecule has 0 saturated heterocycles. The number of nitrogens with zero attached hydrogens (tertiary/aromatic N) is 1. The van der Waals surface area contributed by atoms with Crippen LogP contribution in [0.2, 0.25) is 0 Å². The van der Waals surface area contributed by atoms with Crippen molar-refractivity contribution in [1.29, 1.82) is 0 Å². The van der Waals surface area contributed by atoms with E-state index in [-0.39, 0.29) is 0 Å². The maximum absolute atomic E-state index is 5.71. The minimum atomic E-state index is 0.557. The maximum Gasteiger partial charge on any atom is 0.186 e. The van der Waals surface area contributed by atoms with Gasteiger partial charge in [-0.25, -0.2) is 0 Å². The molecule has 0 saturated carbocycles. The van der Waals surface area contributed by atoms with Gasteiger partial charge in [0.15, 0.2) is 5.11 Å². The number of unbranched alkanes of at least 4 members (excludes halogenated alkanes) is 4. The van der Waals surface area contributed by atoms with Crippen LogP contribution in [0.25, 0.3) is 0 Å². The summed E-state index contributed by atoms with van der Waals surface area (Å²) in [6.07, 6.45) is 8.87. The Balaban J connectivity index is 2.25. The Labute approximate surface area is 145 Å². The van der Waals surface area contributed by atoms with E-state index in [0.29, 0.717) is 5.11 Å². The zero-order valence-corrected chi connectivity index (χ0v) is 15.1. The standard InChI is InChI=1S/C18H29N3OS/c1-3-5-7-8-14-22-17-11-9-16(10-12-17)15-20-21-18(23)19-13-6-4-2/h9-12,15H,3-8,13-14H2,1-2H3,(H2,19,21,23)/b20-15-. The highest BCUT2D eigenvalue weighted by Gasteiger charge is 1.95. The van der Waals surface area contributed by atoms with Gasteiger partial charge in [0.05, 0.1) is 12.8 Å². The molecule has 0 unspecified atom stereocenters. The maximum atomic E-state index is 5.71. The molecule has 0 heterocycles. The molecule has 0 atom stereocenters. The van der Waals surface area contributed by atoms with Gasteiger partial charge >= 0.3 is 0 Å². The summed E-state index contributed by atoms with van der Waals surface area (Å²) < 4.78 is 5.71. The van der Waals surface area contributed by atoms with Gasteiger partial charge in [-0.2, -0.15) is 5.10 Å². The van der Waals surface area contributed by atoms with E-state index >= 15 is 0 Å². The van der Waals surface area contributed by atoms with Crippen LogP contribution in [-0.2, 0) is 0 Å². The lowest BCUT2D eigenvalue weighted by molar-refractivity contribution is 0.305. The van der Waals surface area contributed by atoms with Crippen molar-refractivity contribution in [2.45, 2.75) is 52.4 Å². The molecular formula is C18H29N3OS. The summed E-state index contributed by atoms with van der Waals surface area (Å²) in [6.45, 7) is 6.02. The van der Waals surface area contributed by atoms with Crippen molar-refractivity contribution in [2.24, 2.45) is 5.10 Å². The first-order valence-corrected chi connectivity index (χ1v) is 8.96. The number of hydrazone groups is 1. The molecule has 0 aliphatic rings. The molecule has 1 rings (SSSR count). The summed E-state index contributed by atoms with van der Waals surface area (Å²) in [4.78, 5) is 0. The van der Waals surface area contributed by atoms with Crippen LogP contribution in [0.4, 0.5) is 0 Å². The quantitative estimate of drug-likeness (QED) is 0.275. The van der Waals surface area contributed by atoms with Crippen LogP contribution < -0.4 is 15.5 Å². The Morgan fingerprint density at radius 2 is 1.83 bits per heavy atom. The van der Waals surface area contributed by atoms with E-state index in [9.17, 15) is 0 Å². The summed E-state index contributed by atoms with van der Waals surface area (Å²) in [5.41, 5.74) is 3.82. The van der Waals surface area contributed by atoms with Crippen molar-refractivity contribution in [3.63, 3.8) is 0 Å². The minimum Gasteiger partial charge on any atom is -0.494 e. The topological polar surface area (TPSA) is 45.6 Å². The number of thiocarbonyl (C=S) groups is 1. The van der Waals surface area contributed by atoms with Gasteiger partial charge in [-0.1, -0.05) is 39.5 Å². The molecule has 5 heteroatoms. The van der Waals surface area contributed by atoms with E-state index in [1.165, 1.54) is 19.3 Å². The predicted molar refractivity (Wildman–Crippen MR) is 102 cm³/mol. The lowest BCUT2D eigenvalue weighted by atomic mass is 10.2. The van der Waals surface area contributed by atoms with E-state index in [1.54, 1.807) is 6.21 Å². The number of hydrogen-bond acceptors (Lipinski definition) is 3. The normalized spacial score (nSPS) is 10.7. The molecule has 0 spiro atoms. The minimum absolute atomic E-state index is 0.557. The lowest BCUT2D eigenvalue weighted by Gasteiger charge is -2.06. The van der Waals surface area contributed by atoms with Crippen molar-refractivity contribution in [3.05, 3.63) is 29.8 Å². The van der Waals surface area contributed by atoms with Gasteiger partial charge in [-0.15, -0.1) is 0 Å². The molecule has 0 aliphatic heterocycles. The van der Waals surface area contributed by atoms with Gasteiger partial charge in [-0.05, 0) is 54.9 Å². The van der Waals surface area contributed by atoms with Crippen molar-refractivity contribution in [1.82, 2.24) is 10.7 Å². The Bertz CT molecular complexity index is 460. The van der Waals surface area contributed by atoms with Gasteiger partial charge in [0.1, 0.15) is 5.75 Å². The number of nitrogens with one attached hydrogen (secondary N) is 2. The molecule has 0 aromatic heterocycles. The average Bonchev–Trinajstić information content (AvgIpc) is 2.56. The van der Waals surface area contributed by atoms with E-state index in [4.69, 9.17) is 17.0 Å². The predicted octanol–water partition coefficient (Wildman–Crippen LogP) is 4.24. The van der Waals surface area contributed by atoms with E-state index in [2.05, 4.69) is 29.7 Å². The summed E-state index contributed by atoms with van der Waals surface area (Å²) in [5.74, 6) is 0.906. The third kappa shape index (κ3) is 9.89. The summed E-state index contributed by atoms with van der Waals surface area (Å²) in [5, 5.41) is 7.79. The van der Waals surface area contributed by atoms with Crippen molar-refractivity contribution in [2.75, 3.05) is 13.2 Å². The average molecular weight is 336 g/mol. The molecule has 1 aromatic rings. The van der Waals surface area contributed by atoms with E-state index in [0.717, 1.165) is 43.7 Å². The van der Waals surface area contributed by atoms with Crippen LogP contribution in [-0.4, -0.2) is 24.5 Å². The van der Waals surface area contributed by atoms with Gasteiger partial charge in [0.25, 0.3) is 0 Å². The zero-order chi connectivity index (χ0) is 16.8. The second-order valence-corrected chi connectivity index (χ2v) is 5.87. The van der Waals surface area contributed by atoms with Crippen LogP contribution >= 0.6 is 12.2 Å². The summed E-state index contributed by atoms with van der Waals surface area (Å²) in [7, 11) is 0. The van der Waals surface area contributed by atoms with E-state index in [1.807, 2.05) is 24.3 Å². The van der Waals surface area contributed by atoms with Crippen LogP contribution in [0, 0.1) is 0 Å². The first kappa shape index (κ1) is 19.4. The Kier molecular flexibility index (Phi) is 10.9. The highest BCUT2D eigenvalue weighted by molar-refractivity contribution is 7.80. The van der Waals surface area contributed by atoms with Crippen LogP contribution in [0.1, 0.15) is 57.9 Å². The van der Waals surface area contributed by atoms with Crippen LogP contribution in [0.15, 0.2) is 29.4 Å². The molecule has 1 aromatic carbocycles. The van der Waals surface area contributed by atoms with Crippen LogP contribution in [0.3, 0.4) is 0 Å². The Hall–Kier alpha value is -1.62. The highest BCUT2D eigenvalue weighted by atomic mass is 32.1. The second kappa shape index (κ2) is 12.9. The van der Waals surface area contributed by atoms with Crippen molar-refractivity contribution >= 4 is 23.5 Å². The Morgan fingerprint density at radius 1 is 1.09 bits per heavy atom. The first-order valence-electron chi connectivity index (χ1n) is 8.56. The molecule has 4 nitrogen and oxygen atoms in total. The summed E-state index contributed by atoms with van der Waals surface area (Å²) in [6, 6.07) is 7.91. The largest absolute Gasteiger partial charge is 0.494 e. The molecule has 23 heavy (non-hydrogen) atoms. The highest BCUT2D eigenvalue weighted by Crippen LogP contribution is 2.12. The third-order valence-electron chi connectivity index (χ3n) is 3.34. The molecule has 0 amide bonds. The SMILES string of the molecule is CCCCCCOc1ccc(/C=N\NC(=S)NCCCC)cc1. The zero-order valence-electron chi connectivity index (χ0n) is 14.3. The third-order valence-corrected chi connectivity index (χ3v) is 3.58. The second-order valence-electron chi connectivity index (χ2n) is 5.46. The molecule has 0 aliphatic carbocycles. The molecule has 2 N–H and O–H groups in total. The number of hydrogen-bond donors (Lipinski definition) is 2. The van der Waals surface area contributed by atoms with Gasteiger partial charge in [0.2, 0.25) is 0 Å². The number of rotatable bonds is 11. The fraction of sp³-hybridized carbons (Fsp3) is 0.556. The van der Waals surface area contributed by atoms with Crippen molar-refractivity contribution in [3.8, 4) is 5.75 Å². The van der Waals surface area contributed by atoms with Gasteiger partial charge in [0, 0.05) is 6.54 Å². The first-order chi connectivity index (χ1) is 11.3. The van der Waals surface area contributed by atoms with Crippen LogP contribution in [0.5, 0.6) is 5.75 Å². The monoisotopic (exact) mass is 335 g/mol. The number of ether oxygens (including phenoxy) is 1. The van der Waals surface area contributed by atoms with E-state index < -0.39 is 0 Å². The lowest BCUT2D eigenvalue weighted by Crippen LogP contribution is -2.32. The van der Waals surface area contributed by atoms with Crippen molar-refractivity contribution < 1.29 is 4.74 Å². The molecule has 0 bridgehead atoms. The number of benzene rings is 1. The smallest absolute Gasteiger partial charge is 0.186 e. The Morgan fingerprint density at radius 3 is 2.52 bits per heavy atom. The molecular weight excluding hydrogens is 306 g/mol. The molecule has 128 valence electrons.